The van der Waals surface area contributed by atoms with E-state index >= 15 is 0 Å². The highest BCUT2D eigenvalue weighted by atomic mass is 35.5. The lowest BCUT2D eigenvalue weighted by Crippen LogP contribution is -3.13. The van der Waals surface area contributed by atoms with Gasteiger partial charge < -0.3 is 20.3 Å². The maximum Gasteiger partial charge on any atom is 0.279 e. The van der Waals surface area contributed by atoms with Crippen molar-refractivity contribution in [2.24, 2.45) is 0 Å². The lowest BCUT2D eigenvalue weighted by molar-refractivity contribution is -0.881. The Labute approximate surface area is 158 Å². The highest BCUT2D eigenvalue weighted by Gasteiger charge is 2.17. The molecule has 0 fully saturated rings. The number of ether oxygens (including phenoxy) is 1. The third-order valence-corrected chi connectivity index (χ3v) is 4.05. The molecule has 0 aromatic heterocycles. The molecular formula is C19H23ClN3O3+. The molecule has 2 rings (SSSR count). The number of anilines is 2. The summed E-state index contributed by atoms with van der Waals surface area (Å²) in [5.41, 5.74) is 1.34. The molecular weight excluding hydrogens is 354 g/mol. The van der Waals surface area contributed by atoms with E-state index in [0.717, 1.165) is 4.90 Å². The molecule has 0 aliphatic carbocycles. The highest BCUT2D eigenvalue weighted by Crippen LogP contribution is 2.16. The molecule has 1 unspecified atom stereocenters. The largest absolute Gasteiger partial charge is 0.497 e. The summed E-state index contributed by atoms with van der Waals surface area (Å²) in [5.74, 6) is 0.359. The number of amides is 2. The van der Waals surface area contributed by atoms with Gasteiger partial charge in [-0.1, -0.05) is 17.7 Å². The minimum Gasteiger partial charge on any atom is -0.497 e. The minimum absolute atomic E-state index is 0.154. The van der Waals surface area contributed by atoms with Crippen LogP contribution in [0.1, 0.15) is 6.92 Å². The summed E-state index contributed by atoms with van der Waals surface area (Å²) < 4.78 is 5.14. The number of methoxy groups -OCH3 is 1. The summed E-state index contributed by atoms with van der Waals surface area (Å²) in [6.45, 7) is 2.98. The van der Waals surface area contributed by atoms with Crippen LogP contribution < -0.4 is 20.3 Å². The zero-order valence-corrected chi connectivity index (χ0v) is 15.6. The predicted molar refractivity (Wildman–Crippen MR) is 103 cm³/mol. The number of halogens is 1. The van der Waals surface area contributed by atoms with Crippen LogP contribution in [0.3, 0.4) is 0 Å². The van der Waals surface area contributed by atoms with Gasteiger partial charge in [0, 0.05) is 22.5 Å². The monoisotopic (exact) mass is 376 g/mol. The van der Waals surface area contributed by atoms with E-state index in [9.17, 15) is 9.59 Å². The number of quaternary nitrogens is 1. The topological polar surface area (TPSA) is 71.9 Å². The minimum atomic E-state index is -0.158. The van der Waals surface area contributed by atoms with Gasteiger partial charge in [-0.3, -0.25) is 9.59 Å². The van der Waals surface area contributed by atoms with Crippen LogP contribution in [0.4, 0.5) is 11.4 Å². The normalized spacial score (nSPS) is 11.5. The number of benzene rings is 2. The molecule has 138 valence electrons. The van der Waals surface area contributed by atoms with Gasteiger partial charge in [-0.05, 0) is 43.3 Å². The van der Waals surface area contributed by atoms with E-state index in [2.05, 4.69) is 10.6 Å². The van der Waals surface area contributed by atoms with Gasteiger partial charge in [-0.2, -0.15) is 0 Å². The van der Waals surface area contributed by atoms with Gasteiger partial charge in [-0.15, -0.1) is 0 Å². The fourth-order valence-electron chi connectivity index (χ4n) is 2.41. The van der Waals surface area contributed by atoms with E-state index in [1.54, 1.807) is 55.6 Å². The number of rotatable bonds is 8. The van der Waals surface area contributed by atoms with Crippen molar-refractivity contribution in [3.8, 4) is 5.75 Å². The van der Waals surface area contributed by atoms with Crippen molar-refractivity contribution in [3.63, 3.8) is 0 Å². The molecule has 0 saturated heterocycles. The third-order valence-electron chi connectivity index (χ3n) is 3.80. The fraction of sp³-hybridized carbons (Fsp3) is 0.263. The first kappa shape index (κ1) is 19.8. The Kier molecular flexibility index (Phi) is 7.44. The second kappa shape index (κ2) is 9.79. The van der Waals surface area contributed by atoms with Crippen molar-refractivity contribution in [1.82, 2.24) is 0 Å². The number of hydrogen-bond acceptors (Lipinski definition) is 3. The molecule has 0 aliphatic rings. The van der Waals surface area contributed by atoms with E-state index in [4.69, 9.17) is 16.3 Å². The fourth-order valence-corrected chi connectivity index (χ4v) is 2.54. The van der Waals surface area contributed by atoms with Crippen molar-refractivity contribution >= 4 is 34.8 Å². The average molecular weight is 377 g/mol. The van der Waals surface area contributed by atoms with E-state index in [-0.39, 0.29) is 24.9 Å². The first-order valence-electron chi connectivity index (χ1n) is 8.33. The van der Waals surface area contributed by atoms with Crippen LogP contribution in [-0.4, -0.2) is 38.6 Å². The molecule has 0 heterocycles. The Hall–Kier alpha value is -2.57. The number of likely N-dealkylation sites (N-methyl/N-ethyl adjacent to an activating group) is 1. The Morgan fingerprint density at radius 2 is 1.62 bits per heavy atom. The Morgan fingerprint density at radius 1 is 1.00 bits per heavy atom. The molecule has 0 aliphatic heterocycles. The second-order valence-corrected chi connectivity index (χ2v) is 6.23. The van der Waals surface area contributed by atoms with Crippen LogP contribution in [0, 0.1) is 0 Å². The summed E-state index contributed by atoms with van der Waals surface area (Å²) in [5, 5.41) is 6.24. The van der Waals surface area contributed by atoms with Gasteiger partial charge in [-0.25, -0.2) is 0 Å². The van der Waals surface area contributed by atoms with Gasteiger partial charge in [0.25, 0.3) is 11.8 Å². The van der Waals surface area contributed by atoms with Crippen LogP contribution in [0.5, 0.6) is 5.75 Å². The number of carbonyl (C=O) groups is 2. The Balaban J connectivity index is 1.86. The first-order chi connectivity index (χ1) is 12.5. The van der Waals surface area contributed by atoms with E-state index in [0.29, 0.717) is 28.7 Å². The van der Waals surface area contributed by atoms with Crippen molar-refractivity contribution in [2.75, 3.05) is 37.4 Å². The zero-order valence-electron chi connectivity index (χ0n) is 14.8. The van der Waals surface area contributed by atoms with Crippen LogP contribution >= 0.6 is 11.6 Å². The van der Waals surface area contributed by atoms with Gasteiger partial charge in [0.05, 0.1) is 13.7 Å². The molecule has 0 bridgehead atoms. The standard InChI is InChI=1S/C19H22ClN3O3/c1-3-23(12-18(24)21-15-9-7-14(20)8-10-15)13-19(25)22-16-5-4-6-17(11-16)26-2/h4-11H,3,12-13H2,1-2H3,(H,21,24)(H,22,25)/p+1. The molecule has 0 saturated carbocycles. The number of hydrogen-bond donors (Lipinski definition) is 3. The lowest BCUT2D eigenvalue weighted by atomic mass is 10.3. The summed E-state index contributed by atoms with van der Waals surface area (Å²) in [6, 6.07) is 14.0. The molecule has 2 aromatic rings. The lowest BCUT2D eigenvalue weighted by Gasteiger charge is -2.17. The summed E-state index contributed by atoms with van der Waals surface area (Å²) >= 11 is 5.83. The SMILES string of the molecule is CC[NH+](CC(=O)Nc1ccc(Cl)cc1)CC(=O)Nc1cccc(OC)c1. The van der Waals surface area contributed by atoms with Crippen LogP contribution in [-0.2, 0) is 9.59 Å². The molecule has 26 heavy (non-hydrogen) atoms. The third kappa shape index (κ3) is 6.38. The molecule has 2 amide bonds. The maximum absolute atomic E-state index is 12.2. The second-order valence-electron chi connectivity index (χ2n) is 5.79. The smallest absolute Gasteiger partial charge is 0.279 e. The summed E-state index contributed by atoms with van der Waals surface area (Å²) in [6.07, 6.45) is 0. The van der Waals surface area contributed by atoms with Crippen LogP contribution in [0.25, 0.3) is 0 Å². The maximum atomic E-state index is 12.2. The summed E-state index contributed by atoms with van der Waals surface area (Å²) in [7, 11) is 1.57. The van der Waals surface area contributed by atoms with Gasteiger partial charge in [0.15, 0.2) is 13.1 Å². The van der Waals surface area contributed by atoms with Crippen LogP contribution in [0.15, 0.2) is 48.5 Å². The quantitative estimate of drug-likeness (QED) is 0.658. The molecule has 6 nitrogen and oxygen atoms in total. The Bertz CT molecular complexity index is 750. The van der Waals surface area contributed by atoms with Crippen molar-refractivity contribution in [3.05, 3.63) is 53.6 Å². The molecule has 2 aromatic carbocycles. The highest BCUT2D eigenvalue weighted by molar-refractivity contribution is 6.30. The molecule has 1 atom stereocenters. The summed E-state index contributed by atoms with van der Waals surface area (Å²) in [4.78, 5) is 25.3. The van der Waals surface area contributed by atoms with Crippen molar-refractivity contribution in [2.45, 2.75) is 6.92 Å². The van der Waals surface area contributed by atoms with E-state index in [1.165, 1.54) is 0 Å². The first-order valence-corrected chi connectivity index (χ1v) is 8.71. The van der Waals surface area contributed by atoms with Gasteiger partial charge in [0.1, 0.15) is 5.75 Å². The van der Waals surface area contributed by atoms with E-state index < -0.39 is 0 Å². The number of carbonyl (C=O) groups excluding carboxylic acids is 2. The van der Waals surface area contributed by atoms with E-state index in [1.807, 2.05) is 6.92 Å². The van der Waals surface area contributed by atoms with Crippen molar-refractivity contribution in [1.29, 1.82) is 0 Å². The molecule has 3 N–H and O–H groups in total. The number of nitrogens with one attached hydrogen (secondary N) is 3. The average Bonchev–Trinajstić information content (AvgIpc) is 2.63. The van der Waals surface area contributed by atoms with Gasteiger partial charge in [0.2, 0.25) is 0 Å². The molecule has 0 spiro atoms. The van der Waals surface area contributed by atoms with Crippen molar-refractivity contribution < 1.29 is 19.2 Å². The van der Waals surface area contributed by atoms with Crippen LogP contribution in [0.2, 0.25) is 5.02 Å². The Morgan fingerprint density at radius 3 is 2.19 bits per heavy atom. The van der Waals surface area contributed by atoms with Gasteiger partial charge >= 0.3 is 0 Å². The zero-order chi connectivity index (χ0) is 18.9. The predicted octanol–water partition coefficient (Wildman–Crippen LogP) is 1.83. The molecule has 0 radical (unpaired) electrons. The molecule has 7 heteroatoms.